The first-order valence-corrected chi connectivity index (χ1v) is 10.5. The highest BCUT2D eigenvalue weighted by atomic mass is 32.1. The molecule has 0 unspecified atom stereocenters. The van der Waals surface area contributed by atoms with Gasteiger partial charge in [-0.2, -0.15) is 0 Å². The number of ether oxygens (including phenoxy) is 1. The molecule has 0 aliphatic carbocycles. The summed E-state index contributed by atoms with van der Waals surface area (Å²) in [6.45, 7) is 3.70. The standard InChI is InChI=1S/C23H24N2O3S/c1-3-18-9-12-21(13-10-18)25(17(2)26)23-24-20(16-29-23)15-28-22(27)14-11-19-7-5-4-6-8-19/h4-10,12-13,16H,3,11,14-15H2,1-2H3. The fourth-order valence-corrected chi connectivity index (χ4v) is 3.76. The van der Waals surface area contributed by atoms with Crippen LogP contribution in [0.5, 0.6) is 0 Å². The molecule has 150 valence electrons. The van der Waals surface area contributed by atoms with Crippen LogP contribution in [0.1, 0.15) is 37.1 Å². The molecule has 2 aromatic carbocycles. The zero-order valence-corrected chi connectivity index (χ0v) is 17.4. The second-order valence-corrected chi connectivity index (χ2v) is 7.48. The van der Waals surface area contributed by atoms with Crippen LogP contribution in [-0.4, -0.2) is 16.9 Å². The van der Waals surface area contributed by atoms with Crippen molar-refractivity contribution in [3.63, 3.8) is 0 Å². The first-order valence-electron chi connectivity index (χ1n) is 9.60. The van der Waals surface area contributed by atoms with E-state index in [0.29, 0.717) is 23.7 Å². The summed E-state index contributed by atoms with van der Waals surface area (Å²) in [5.74, 6) is -0.378. The van der Waals surface area contributed by atoms with Crippen LogP contribution in [0.4, 0.5) is 10.8 Å². The number of rotatable bonds is 8. The van der Waals surface area contributed by atoms with Gasteiger partial charge in [-0.05, 0) is 36.1 Å². The van der Waals surface area contributed by atoms with E-state index in [9.17, 15) is 9.59 Å². The second kappa shape index (κ2) is 9.98. The number of carbonyl (C=O) groups excluding carboxylic acids is 2. The smallest absolute Gasteiger partial charge is 0.306 e. The molecule has 0 aliphatic rings. The lowest BCUT2D eigenvalue weighted by Crippen LogP contribution is -2.22. The number of thiazole rings is 1. The summed E-state index contributed by atoms with van der Waals surface area (Å²) in [5.41, 5.74) is 3.72. The summed E-state index contributed by atoms with van der Waals surface area (Å²) < 4.78 is 5.34. The fraction of sp³-hybridized carbons (Fsp3) is 0.261. The average Bonchev–Trinajstić information content (AvgIpc) is 3.20. The number of aromatic nitrogens is 1. The van der Waals surface area contributed by atoms with Gasteiger partial charge >= 0.3 is 5.97 Å². The highest BCUT2D eigenvalue weighted by molar-refractivity contribution is 7.14. The molecular formula is C23H24N2O3S. The molecule has 0 saturated heterocycles. The van der Waals surface area contributed by atoms with Gasteiger partial charge < -0.3 is 4.74 Å². The van der Waals surface area contributed by atoms with Crippen molar-refractivity contribution in [1.29, 1.82) is 0 Å². The molecule has 5 nitrogen and oxygen atoms in total. The quantitative estimate of drug-likeness (QED) is 0.489. The van der Waals surface area contributed by atoms with E-state index < -0.39 is 0 Å². The van der Waals surface area contributed by atoms with Crippen molar-refractivity contribution >= 4 is 34.0 Å². The van der Waals surface area contributed by atoms with Gasteiger partial charge in [-0.25, -0.2) is 4.98 Å². The van der Waals surface area contributed by atoms with Crippen molar-refractivity contribution < 1.29 is 14.3 Å². The molecule has 0 saturated carbocycles. The predicted molar refractivity (Wildman–Crippen MR) is 115 cm³/mol. The Hall–Kier alpha value is -2.99. The van der Waals surface area contributed by atoms with Gasteiger partial charge in [-0.3, -0.25) is 14.5 Å². The van der Waals surface area contributed by atoms with Gasteiger partial charge in [-0.1, -0.05) is 49.4 Å². The fourth-order valence-electron chi connectivity index (χ4n) is 2.89. The van der Waals surface area contributed by atoms with E-state index in [4.69, 9.17) is 4.74 Å². The van der Waals surface area contributed by atoms with Crippen LogP contribution in [0.3, 0.4) is 0 Å². The molecule has 0 spiro atoms. The molecule has 1 heterocycles. The van der Waals surface area contributed by atoms with Gasteiger partial charge in [-0.15, -0.1) is 11.3 Å². The van der Waals surface area contributed by atoms with E-state index in [2.05, 4.69) is 11.9 Å². The van der Waals surface area contributed by atoms with Gasteiger partial charge in [0.15, 0.2) is 5.13 Å². The third-order valence-electron chi connectivity index (χ3n) is 4.49. The number of hydrogen-bond donors (Lipinski definition) is 0. The maximum Gasteiger partial charge on any atom is 0.306 e. The summed E-state index contributed by atoms with van der Waals surface area (Å²) in [7, 11) is 0. The zero-order valence-electron chi connectivity index (χ0n) is 16.6. The van der Waals surface area contributed by atoms with Gasteiger partial charge in [0.05, 0.1) is 11.4 Å². The zero-order chi connectivity index (χ0) is 20.6. The van der Waals surface area contributed by atoms with Crippen LogP contribution in [0.25, 0.3) is 0 Å². The van der Waals surface area contributed by atoms with Gasteiger partial charge in [0.25, 0.3) is 0 Å². The van der Waals surface area contributed by atoms with Crippen molar-refractivity contribution in [2.75, 3.05) is 4.90 Å². The van der Waals surface area contributed by atoms with Crippen molar-refractivity contribution in [1.82, 2.24) is 4.98 Å². The van der Waals surface area contributed by atoms with Crippen LogP contribution < -0.4 is 4.90 Å². The summed E-state index contributed by atoms with van der Waals surface area (Å²) in [5, 5.41) is 2.38. The summed E-state index contributed by atoms with van der Waals surface area (Å²) in [6.07, 6.45) is 1.91. The Morgan fingerprint density at radius 2 is 1.76 bits per heavy atom. The Kier molecular flexibility index (Phi) is 7.14. The minimum Gasteiger partial charge on any atom is -0.459 e. The van der Waals surface area contributed by atoms with Crippen LogP contribution in [0, 0.1) is 0 Å². The highest BCUT2D eigenvalue weighted by Crippen LogP contribution is 2.29. The minimum absolute atomic E-state index is 0.102. The van der Waals surface area contributed by atoms with Gasteiger partial charge in [0.1, 0.15) is 6.61 Å². The Bertz CT molecular complexity index is 952. The van der Waals surface area contributed by atoms with Crippen molar-refractivity contribution in [3.8, 4) is 0 Å². The van der Waals surface area contributed by atoms with Crippen molar-refractivity contribution in [2.24, 2.45) is 0 Å². The summed E-state index contributed by atoms with van der Waals surface area (Å²) in [6, 6.07) is 17.7. The number of carbonyl (C=O) groups is 2. The molecule has 3 aromatic rings. The third-order valence-corrected chi connectivity index (χ3v) is 5.36. The maximum atomic E-state index is 12.2. The van der Waals surface area contributed by atoms with Crippen LogP contribution >= 0.6 is 11.3 Å². The maximum absolute atomic E-state index is 12.2. The topological polar surface area (TPSA) is 59.5 Å². The van der Waals surface area contributed by atoms with Crippen LogP contribution in [0.15, 0.2) is 60.0 Å². The molecule has 29 heavy (non-hydrogen) atoms. The molecule has 0 radical (unpaired) electrons. The van der Waals surface area contributed by atoms with E-state index in [-0.39, 0.29) is 18.5 Å². The predicted octanol–water partition coefficient (Wildman–Crippen LogP) is 5.07. The SMILES string of the molecule is CCc1ccc(N(C(C)=O)c2nc(COC(=O)CCc3ccccc3)cs2)cc1. The average molecular weight is 409 g/mol. The number of esters is 1. The molecule has 6 heteroatoms. The molecule has 0 atom stereocenters. The van der Waals surface area contributed by atoms with E-state index in [1.54, 1.807) is 4.90 Å². The first kappa shape index (κ1) is 20.7. The van der Waals surface area contributed by atoms with Gasteiger partial charge in [0.2, 0.25) is 5.91 Å². The largest absolute Gasteiger partial charge is 0.459 e. The molecule has 0 N–H and O–H groups in total. The Balaban J connectivity index is 1.59. The van der Waals surface area contributed by atoms with E-state index in [0.717, 1.165) is 17.7 Å². The Labute approximate surface area is 175 Å². The number of nitrogens with zero attached hydrogens (tertiary/aromatic N) is 2. The number of benzene rings is 2. The Morgan fingerprint density at radius 3 is 2.41 bits per heavy atom. The highest BCUT2D eigenvalue weighted by Gasteiger charge is 2.18. The lowest BCUT2D eigenvalue weighted by molar-refractivity contribution is -0.145. The molecule has 0 fully saturated rings. The van der Waals surface area contributed by atoms with Crippen LogP contribution in [0.2, 0.25) is 0 Å². The van der Waals surface area contributed by atoms with Crippen LogP contribution in [-0.2, 0) is 33.8 Å². The van der Waals surface area contributed by atoms with E-state index >= 15 is 0 Å². The second-order valence-electron chi connectivity index (χ2n) is 6.64. The molecule has 3 rings (SSSR count). The van der Waals surface area contributed by atoms with Crippen molar-refractivity contribution in [3.05, 3.63) is 76.8 Å². The molecular weight excluding hydrogens is 384 g/mol. The molecule has 1 aromatic heterocycles. The van der Waals surface area contributed by atoms with Crippen molar-refractivity contribution in [2.45, 2.75) is 39.7 Å². The summed E-state index contributed by atoms with van der Waals surface area (Å²) >= 11 is 1.36. The lowest BCUT2D eigenvalue weighted by atomic mass is 10.1. The Morgan fingerprint density at radius 1 is 1.03 bits per heavy atom. The number of hydrogen-bond acceptors (Lipinski definition) is 5. The van der Waals surface area contributed by atoms with E-state index in [1.807, 2.05) is 60.0 Å². The monoisotopic (exact) mass is 408 g/mol. The molecule has 1 amide bonds. The number of anilines is 2. The normalized spacial score (nSPS) is 10.6. The summed E-state index contributed by atoms with van der Waals surface area (Å²) in [4.78, 5) is 30.3. The lowest BCUT2D eigenvalue weighted by Gasteiger charge is -2.18. The molecule has 0 bridgehead atoms. The minimum atomic E-state index is -0.262. The first-order chi connectivity index (χ1) is 14.1. The van der Waals surface area contributed by atoms with Gasteiger partial charge in [0, 0.05) is 18.7 Å². The number of amides is 1. The van der Waals surface area contributed by atoms with E-state index in [1.165, 1.54) is 23.8 Å². The number of aryl methyl sites for hydroxylation is 2. The molecule has 0 aliphatic heterocycles. The third kappa shape index (κ3) is 5.74.